The standard InChI is InChI=1S/C37H49F2N5O10S/c1-6-23-19-37(23,33(47)43-55(49,50)54-24-7-8-24)42-30(45)28-18-26(52-31-27-10-9-25(51-5)17-22(27)13-16-40-31)20-44(28)32(46)29(41-34(48)53-35(2,3)4)21-11-14-36(38,39)15-12-21/h9-10,13,16-17,21,23-24,26,28-29H,6-8,11-12,14-15,18-20H2,1-5H3,(H,41,48)(H,42,45)(H,43,47)/t23-,26-,28+,29+,37-/m1/s1. The minimum atomic E-state index is -4.45. The molecule has 55 heavy (non-hydrogen) atoms. The molecule has 302 valence electrons. The maximum Gasteiger partial charge on any atom is 0.408 e. The first-order chi connectivity index (χ1) is 25.8. The number of alkyl carbamates (subject to hydrolysis) is 1. The summed E-state index contributed by atoms with van der Waals surface area (Å²) in [5.74, 6) is -5.64. The van der Waals surface area contributed by atoms with Crippen molar-refractivity contribution in [2.45, 2.75) is 127 Å². The average molecular weight is 794 g/mol. The van der Waals surface area contributed by atoms with Crippen LogP contribution in [0.15, 0.2) is 30.5 Å². The molecule has 5 atom stereocenters. The molecule has 1 saturated heterocycles. The van der Waals surface area contributed by atoms with E-state index in [0.717, 1.165) is 5.39 Å². The summed E-state index contributed by atoms with van der Waals surface area (Å²) in [5, 5.41) is 6.75. The van der Waals surface area contributed by atoms with E-state index in [-0.39, 0.29) is 38.1 Å². The number of methoxy groups -OCH3 is 1. The van der Waals surface area contributed by atoms with E-state index >= 15 is 0 Å². The molecule has 15 nitrogen and oxygen atoms in total. The third kappa shape index (κ3) is 9.56. The Labute approximate surface area is 318 Å². The molecule has 1 aromatic carbocycles. The van der Waals surface area contributed by atoms with E-state index in [1.807, 2.05) is 4.72 Å². The van der Waals surface area contributed by atoms with Gasteiger partial charge in [0.15, 0.2) is 0 Å². The van der Waals surface area contributed by atoms with Crippen molar-refractivity contribution in [3.8, 4) is 11.6 Å². The molecule has 4 amide bonds. The molecule has 1 aromatic heterocycles. The molecule has 6 rings (SSSR count). The van der Waals surface area contributed by atoms with Gasteiger partial charge in [0.1, 0.15) is 35.1 Å². The summed E-state index contributed by atoms with van der Waals surface area (Å²) in [6.45, 7) is 6.55. The number of likely N-dealkylation sites (tertiary alicyclic amines) is 1. The first-order valence-corrected chi connectivity index (χ1v) is 20.1. The van der Waals surface area contributed by atoms with Crippen molar-refractivity contribution in [1.82, 2.24) is 25.2 Å². The number of benzene rings is 1. The highest BCUT2D eigenvalue weighted by Crippen LogP contribution is 2.47. The maximum atomic E-state index is 14.7. The molecule has 3 aliphatic carbocycles. The van der Waals surface area contributed by atoms with Gasteiger partial charge in [-0.3, -0.25) is 18.6 Å². The zero-order chi connectivity index (χ0) is 39.9. The molecule has 0 bridgehead atoms. The molecule has 4 fully saturated rings. The number of carbonyl (C=O) groups excluding carboxylic acids is 4. The molecular formula is C37H49F2N5O10S. The molecule has 2 aromatic rings. The van der Waals surface area contributed by atoms with Gasteiger partial charge in [-0.25, -0.2) is 23.3 Å². The van der Waals surface area contributed by atoms with E-state index < -0.39 is 100 Å². The van der Waals surface area contributed by atoms with Gasteiger partial charge in [0.2, 0.25) is 23.6 Å². The highest BCUT2D eigenvalue weighted by Gasteiger charge is 2.62. The van der Waals surface area contributed by atoms with E-state index in [1.54, 1.807) is 58.2 Å². The quantitative estimate of drug-likeness (QED) is 0.264. The molecule has 18 heteroatoms. The molecule has 0 unspecified atom stereocenters. The number of ether oxygens (including phenoxy) is 3. The maximum absolute atomic E-state index is 14.7. The number of rotatable bonds is 13. The lowest BCUT2D eigenvalue weighted by molar-refractivity contribution is -0.143. The molecule has 0 spiro atoms. The van der Waals surface area contributed by atoms with Crippen molar-refractivity contribution in [1.29, 1.82) is 0 Å². The van der Waals surface area contributed by atoms with Crippen molar-refractivity contribution in [2.24, 2.45) is 11.8 Å². The number of amides is 4. The summed E-state index contributed by atoms with van der Waals surface area (Å²) >= 11 is 0. The summed E-state index contributed by atoms with van der Waals surface area (Å²) in [6.07, 6.45) is -0.284. The van der Waals surface area contributed by atoms with Crippen molar-refractivity contribution >= 4 is 44.9 Å². The number of fused-ring (bicyclic) bond motifs is 1. The minimum Gasteiger partial charge on any atom is -0.497 e. The van der Waals surface area contributed by atoms with Gasteiger partial charge in [-0.05, 0) is 94.4 Å². The second-order valence-electron chi connectivity index (χ2n) is 16.0. The van der Waals surface area contributed by atoms with Crippen molar-refractivity contribution in [3.05, 3.63) is 30.5 Å². The molecule has 4 aliphatic rings. The Kier molecular flexibility index (Phi) is 11.2. The van der Waals surface area contributed by atoms with Gasteiger partial charge in [0, 0.05) is 30.8 Å². The smallest absolute Gasteiger partial charge is 0.408 e. The average Bonchev–Trinajstić information content (AvgIpc) is 4.02. The first kappa shape index (κ1) is 40.3. The Balaban J connectivity index is 1.29. The molecule has 0 radical (unpaired) electrons. The van der Waals surface area contributed by atoms with Crippen LogP contribution in [0.1, 0.15) is 85.5 Å². The van der Waals surface area contributed by atoms with Crippen LogP contribution < -0.4 is 24.8 Å². The van der Waals surface area contributed by atoms with Crippen molar-refractivity contribution < 1.29 is 54.8 Å². The van der Waals surface area contributed by atoms with Gasteiger partial charge >= 0.3 is 16.4 Å². The van der Waals surface area contributed by atoms with E-state index in [1.165, 1.54) is 12.0 Å². The monoisotopic (exact) mass is 793 g/mol. The summed E-state index contributed by atoms with van der Waals surface area (Å²) in [7, 11) is -2.91. The third-order valence-corrected chi connectivity index (χ3v) is 11.5. The number of carbonyl (C=O) groups is 4. The Morgan fingerprint density at radius 2 is 1.76 bits per heavy atom. The van der Waals surface area contributed by atoms with Gasteiger partial charge in [-0.15, -0.1) is 0 Å². The Hall–Kier alpha value is -4.32. The summed E-state index contributed by atoms with van der Waals surface area (Å²) in [6, 6.07) is 4.45. The Morgan fingerprint density at radius 1 is 1.05 bits per heavy atom. The van der Waals surface area contributed by atoms with E-state index in [4.69, 9.17) is 18.4 Å². The number of aromatic nitrogens is 1. The lowest BCUT2D eigenvalue weighted by Gasteiger charge is -2.36. The fourth-order valence-corrected chi connectivity index (χ4v) is 8.47. The molecule has 1 aliphatic heterocycles. The molecule has 3 saturated carbocycles. The van der Waals surface area contributed by atoms with Crippen molar-refractivity contribution in [2.75, 3.05) is 13.7 Å². The Morgan fingerprint density at radius 3 is 2.38 bits per heavy atom. The number of hydrogen-bond donors (Lipinski definition) is 3. The van der Waals surface area contributed by atoms with Crippen LogP contribution in [0.5, 0.6) is 11.6 Å². The number of pyridine rings is 1. The SMILES string of the molecule is CC[C@@H]1C[C@]1(NC(=O)[C@@H]1C[C@@H](Oc2nccc3cc(OC)ccc23)CN1C(=O)[C@@H](NC(=O)OC(C)(C)C)C1CCC(F)(F)CC1)C(=O)NS(=O)(=O)OC1CC1. The zero-order valence-electron chi connectivity index (χ0n) is 31.6. The summed E-state index contributed by atoms with van der Waals surface area (Å²) in [5.41, 5.74) is -2.53. The zero-order valence-corrected chi connectivity index (χ0v) is 32.4. The lowest BCUT2D eigenvalue weighted by atomic mass is 9.81. The largest absolute Gasteiger partial charge is 0.497 e. The van der Waals surface area contributed by atoms with Crippen LogP contribution in [0.3, 0.4) is 0 Å². The van der Waals surface area contributed by atoms with Gasteiger partial charge in [-0.1, -0.05) is 13.3 Å². The van der Waals surface area contributed by atoms with Crippen molar-refractivity contribution in [3.63, 3.8) is 0 Å². The third-order valence-electron chi connectivity index (χ3n) is 10.6. The topological polar surface area (TPSA) is 192 Å². The van der Waals surface area contributed by atoms with Gasteiger partial charge in [-0.2, -0.15) is 8.42 Å². The van der Waals surface area contributed by atoms with Gasteiger partial charge < -0.3 is 29.7 Å². The predicted molar refractivity (Wildman–Crippen MR) is 193 cm³/mol. The van der Waals surface area contributed by atoms with E-state index in [9.17, 15) is 36.4 Å². The second kappa shape index (κ2) is 15.3. The van der Waals surface area contributed by atoms with Crippen LogP contribution in [0.25, 0.3) is 10.8 Å². The van der Waals surface area contributed by atoms with Crippen LogP contribution >= 0.6 is 0 Å². The predicted octanol–water partition coefficient (Wildman–Crippen LogP) is 4.14. The summed E-state index contributed by atoms with van der Waals surface area (Å²) in [4.78, 5) is 61.3. The van der Waals surface area contributed by atoms with Crippen LogP contribution in [-0.4, -0.2) is 97.1 Å². The fraction of sp³-hybridized carbons (Fsp3) is 0.649. The number of halogens is 2. The number of nitrogens with zero attached hydrogens (tertiary/aromatic N) is 2. The highest BCUT2D eigenvalue weighted by atomic mass is 32.2. The normalized spacial score (nSPS) is 25.8. The van der Waals surface area contributed by atoms with Crippen LogP contribution in [-0.2, 0) is 33.6 Å². The lowest BCUT2D eigenvalue weighted by Crippen LogP contribution is -2.59. The Bertz CT molecular complexity index is 1910. The number of alkyl halides is 2. The molecule has 3 N–H and O–H groups in total. The van der Waals surface area contributed by atoms with Crippen LogP contribution in [0, 0.1) is 11.8 Å². The number of nitrogens with one attached hydrogen (secondary N) is 3. The summed E-state index contributed by atoms with van der Waals surface area (Å²) < 4.78 is 77.9. The minimum absolute atomic E-state index is 0.0773. The van der Waals surface area contributed by atoms with E-state index in [2.05, 4.69) is 15.6 Å². The fourth-order valence-electron chi connectivity index (χ4n) is 7.46. The van der Waals surface area contributed by atoms with Crippen LogP contribution in [0.4, 0.5) is 13.6 Å². The molecular weight excluding hydrogens is 744 g/mol. The second-order valence-corrected chi connectivity index (χ2v) is 17.3. The van der Waals surface area contributed by atoms with Gasteiger partial charge in [0.25, 0.3) is 5.91 Å². The highest BCUT2D eigenvalue weighted by molar-refractivity contribution is 7.85. The van der Waals surface area contributed by atoms with E-state index in [0.29, 0.717) is 30.4 Å². The number of hydrogen-bond acceptors (Lipinski definition) is 11. The van der Waals surface area contributed by atoms with Gasteiger partial charge in [0.05, 0.1) is 19.8 Å². The van der Waals surface area contributed by atoms with Crippen LogP contribution in [0.2, 0.25) is 0 Å². The molecule has 2 heterocycles. The first-order valence-electron chi connectivity index (χ1n) is 18.7.